The van der Waals surface area contributed by atoms with Gasteiger partial charge in [-0.15, -0.1) is 0 Å². The lowest BCUT2D eigenvalue weighted by Crippen LogP contribution is -2.01. The summed E-state index contributed by atoms with van der Waals surface area (Å²) in [5, 5.41) is 0. The van der Waals surface area contributed by atoms with E-state index in [2.05, 4.69) is 22.6 Å². The standard InChI is InChI=1S/C7H9IN2/c8-7-5(4-9)2-1-3-6(7)10/h1-3H,4,9-10H2. The Balaban J connectivity index is 3.14. The molecular weight excluding hydrogens is 239 g/mol. The van der Waals surface area contributed by atoms with Crippen molar-refractivity contribution < 1.29 is 0 Å². The van der Waals surface area contributed by atoms with Gasteiger partial charge in [0, 0.05) is 15.8 Å². The third kappa shape index (κ3) is 1.41. The first kappa shape index (κ1) is 7.81. The Morgan fingerprint density at radius 2 is 2.10 bits per heavy atom. The van der Waals surface area contributed by atoms with Crippen molar-refractivity contribution in [2.24, 2.45) is 5.73 Å². The van der Waals surface area contributed by atoms with Crippen molar-refractivity contribution in [3.8, 4) is 0 Å². The van der Waals surface area contributed by atoms with E-state index >= 15 is 0 Å². The van der Waals surface area contributed by atoms with E-state index in [9.17, 15) is 0 Å². The summed E-state index contributed by atoms with van der Waals surface area (Å²) in [4.78, 5) is 0. The molecule has 4 N–H and O–H groups in total. The number of hydrogen-bond acceptors (Lipinski definition) is 2. The van der Waals surface area contributed by atoms with E-state index in [-0.39, 0.29) is 0 Å². The van der Waals surface area contributed by atoms with Crippen LogP contribution in [0.5, 0.6) is 0 Å². The van der Waals surface area contributed by atoms with Crippen molar-refractivity contribution >= 4 is 28.3 Å². The van der Waals surface area contributed by atoms with Gasteiger partial charge >= 0.3 is 0 Å². The molecule has 2 nitrogen and oxygen atoms in total. The molecule has 0 unspecified atom stereocenters. The third-order valence-electron chi connectivity index (χ3n) is 1.33. The second-order valence-corrected chi connectivity index (χ2v) is 3.10. The Bertz CT molecular complexity index is 235. The van der Waals surface area contributed by atoms with E-state index < -0.39 is 0 Å². The van der Waals surface area contributed by atoms with E-state index in [1.54, 1.807) is 0 Å². The molecule has 0 fully saturated rings. The van der Waals surface area contributed by atoms with Gasteiger partial charge in [0.1, 0.15) is 0 Å². The van der Waals surface area contributed by atoms with E-state index in [4.69, 9.17) is 11.5 Å². The number of halogens is 1. The van der Waals surface area contributed by atoms with Gasteiger partial charge in [0.2, 0.25) is 0 Å². The summed E-state index contributed by atoms with van der Waals surface area (Å²) < 4.78 is 1.07. The molecule has 0 amide bonds. The van der Waals surface area contributed by atoms with Crippen LogP contribution in [-0.4, -0.2) is 0 Å². The number of nitrogens with two attached hydrogens (primary N) is 2. The van der Waals surface area contributed by atoms with E-state index in [1.807, 2.05) is 18.2 Å². The molecule has 0 aliphatic heterocycles. The minimum absolute atomic E-state index is 0.559. The molecule has 1 rings (SSSR count). The van der Waals surface area contributed by atoms with Crippen molar-refractivity contribution in [3.63, 3.8) is 0 Å². The molecule has 0 spiro atoms. The molecule has 10 heavy (non-hydrogen) atoms. The fourth-order valence-electron chi connectivity index (χ4n) is 0.757. The zero-order chi connectivity index (χ0) is 7.56. The number of anilines is 1. The molecule has 3 heteroatoms. The average molecular weight is 248 g/mol. The van der Waals surface area contributed by atoms with Gasteiger partial charge < -0.3 is 11.5 Å². The molecule has 0 heterocycles. The van der Waals surface area contributed by atoms with Crippen LogP contribution < -0.4 is 11.5 Å². The van der Waals surface area contributed by atoms with Gasteiger partial charge in [-0.05, 0) is 34.2 Å². The quantitative estimate of drug-likeness (QED) is 0.582. The Labute approximate surface area is 73.7 Å². The molecule has 0 saturated carbocycles. The van der Waals surface area contributed by atoms with Gasteiger partial charge in [-0.2, -0.15) is 0 Å². The molecule has 0 atom stereocenters. The van der Waals surface area contributed by atoms with Crippen molar-refractivity contribution in [3.05, 3.63) is 27.3 Å². The van der Waals surface area contributed by atoms with Gasteiger partial charge in [0.05, 0.1) is 0 Å². The summed E-state index contributed by atoms with van der Waals surface area (Å²) in [7, 11) is 0. The highest BCUT2D eigenvalue weighted by molar-refractivity contribution is 14.1. The highest BCUT2D eigenvalue weighted by Crippen LogP contribution is 2.18. The monoisotopic (exact) mass is 248 g/mol. The average Bonchev–Trinajstić information content (AvgIpc) is 1.95. The molecule has 0 aromatic heterocycles. The minimum atomic E-state index is 0.559. The molecule has 0 aliphatic rings. The summed E-state index contributed by atoms with van der Waals surface area (Å²) in [6.45, 7) is 0.559. The minimum Gasteiger partial charge on any atom is -0.398 e. The van der Waals surface area contributed by atoms with Crippen LogP contribution in [0.3, 0.4) is 0 Å². The predicted molar refractivity (Wildman–Crippen MR) is 51.5 cm³/mol. The van der Waals surface area contributed by atoms with Gasteiger partial charge in [-0.3, -0.25) is 0 Å². The highest BCUT2D eigenvalue weighted by atomic mass is 127. The maximum atomic E-state index is 5.63. The van der Waals surface area contributed by atoms with Crippen LogP contribution in [0, 0.1) is 3.57 Å². The van der Waals surface area contributed by atoms with E-state index in [0.717, 1.165) is 14.8 Å². The lowest BCUT2D eigenvalue weighted by Gasteiger charge is -2.02. The van der Waals surface area contributed by atoms with Crippen LogP contribution >= 0.6 is 22.6 Å². The van der Waals surface area contributed by atoms with Crippen LogP contribution in [0.4, 0.5) is 5.69 Å². The molecule has 0 saturated heterocycles. The Kier molecular flexibility index (Phi) is 2.50. The van der Waals surface area contributed by atoms with Crippen molar-refractivity contribution in [2.75, 3.05) is 5.73 Å². The summed E-state index contributed by atoms with van der Waals surface area (Å²) in [6, 6.07) is 5.78. The second kappa shape index (κ2) is 3.21. The first-order valence-corrected chi connectivity index (χ1v) is 4.06. The number of nitrogen functional groups attached to an aromatic ring is 1. The van der Waals surface area contributed by atoms with Crippen molar-refractivity contribution in [2.45, 2.75) is 6.54 Å². The normalized spacial score (nSPS) is 9.80. The molecule has 1 aromatic carbocycles. The topological polar surface area (TPSA) is 52.0 Å². The van der Waals surface area contributed by atoms with Gasteiger partial charge in [0.15, 0.2) is 0 Å². The van der Waals surface area contributed by atoms with Gasteiger partial charge in [-0.25, -0.2) is 0 Å². The summed E-state index contributed by atoms with van der Waals surface area (Å²) in [5.41, 5.74) is 13.0. The number of rotatable bonds is 1. The molecule has 54 valence electrons. The SMILES string of the molecule is NCc1cccc(N)c1I. The largest absolute Gasteiger partial charge is 0.398 e. The Hall–Kier alpha value is -0.290. The fraction of sp³-hybridized carbons (Fsp3) is 0.143. The van der Waals surface area contributed by atoms with Crippen molar-refractivity contribution in [1.29, 1.82) is 0 Å². The summed E-state index contributed by atoms with van der Waals surface area (Å²) >= 11 is 2.20. The maximum Gasteiger partial charge on any atom is 0.0453 e. The Morgan fingerprint density at radius 3 is 2.60 bits per heavy atom. The molecule has 0 radical (unpaired) electrons. The summed E-state index contributed by atoms with van der Waals surface area (Å²) in [6.07, 6.45) is 0. The molecule has 1 aromatic rings. The van der Waals surface area contributed by atoms with Crippen molar-refractivity contribution in [1.82, 2.24) is 0 Å². The van der Waals surface area contributed by atoms with Gasteiger partial charge in [0.25, 0.3) is 0 Å². The van der Waals surface area contributed by atoms with Crippen LogP contribution in [-0.2, 0) is 6.54 Å². The highest BCUT2D eigenvalue weighted by Gasteiger charge is 1.98. The number of benzene rings is 1. The first-order chi connectivity index (χ1) is 4.75. The lowest BCUT2D eigenvalue weighted by atomic mass is 10.2. The second-order valence-electron chi connectivity index (χ2n) is 2.02. The third-order valence-corrected chi connectivity index (χ3v) is 2.64. The van der Waals surface area contributed by atoms with E-state index in [0.29, 0.717) is 6.54 Å². The Morgan fingerprint density at radius 1 is 1.40 bits per heavy atom. The molecule has 0 aliphatic carbocycles. The number of hydrogen-bond donors (Lipinski definition) is 2. The van der Waals surface area contributed by atoms with Crippen LogP contribution in [0.25, 0.3) is 0 Å². The van der Waals surface area contributed by atoms with Crippen LogP contribution in [0.15, 0.2) is 18.2 Å². The predicted octanol–water partition coefficient (Wildman–Crippen LogP) is 1.33. The van der Waals surface area contributed by atoms with Crippen LogP contribution in [0.1, 0.15) is 5.56 Å². The maximum absolute atomic E-state index is 5.63. The molecular formula is C7H9IN2. The fourth-order valence-corrected chi connectivity index (χ4v) is 1.34. The lowest BCUT2D eigenvalue weighted by molar-refractivity contribution is 1.06. The summed E-state index contributed by atoms with van der Waals surface area (Å²) in [5.74, 6) is 0. The smallest absolute Gasteiger partial charge is 0.0453 e. The van der Waals surface area contributed by atoms with Crippen LogP contribution in [0.2, 0.25) is 0 Å². The zero-order valence-corrected chi connectivity index (χ0v) is 7.63. The molecule has 0 bridgehead atoms. The van der Waals surface area contributed by atoms with E-state index in [1.165, 1.54) is 0 Å². The zero-order valence-electron chi connectivity index (χ0n) is 5.47. The first-order valence-electron chi connectivity index (χ1n) is 2.98. The van der Waals surface area contributed by atoms with Gasteiger partial charge in [-0.1, -0.05) is 12.1 Å².